The number of nitrogens with zero attached hydrogens (tertiary/aromatic N) is 1. The van der Waals surface area contributed by atoms with Crippen LogP contribution in [0.15, 0.2) is 0 Å². The van der Waals surface area contributed by atoms with E-state index >= 15 is 0 Å². The van der Waals surface area contributed by atoms with E-state index in [0.29, 0.717) is 18.7 Å². The highest BCUT2D eigenvalue weighted by Gasteiger charge is 2.35. The van der Waals surface area contributed by atoms with Gasteiger partial charge in [-0.15, -0.1) is 0 Å². The van der Waals surface area contributed by atoms with E-state index in [4.69, 9.17) is 5.11 Å². The number of rotatable bonds is 4. The van der Waals surface area contributed by atoms with Gasteiger partial charge in [-0.1, -0.05) is 0 Å². The monoisotopic (exact) mass is 235 g/mol. The fraction of sp³-hybridized carbons (Fsp3) is 0.778. The molecule has 0 bridgehead atoms. The molecule has 1 aliphatic rings. The van der Waals surface area contributed by atoms with Crippen molar-refractivity contribution in [3.8, 4) is 0 Å². The Bertz CT molecular complexity index is 262. The van der Waals surface area contributed by atoms with Crippen molar-refractivity contribution in [1.29, 1.82) is 0 Å². The molecule has 0 aliphatic carbocycles. The molecular formula is C9H14FNO3S. The molecule has 2 unspecified atom stereocenters. The predicted octanol–water partition coefficient (Wildman–Crippen LogP) is 0.621. The molecular weight excluding hydrogens is 221 g/mol. The summed E-state index contributed by atoms with van der Waals surface area (Å²) in [6.07, 6.45) is 0.408. The summed E-state index contributed by atoms with van der Waals surface area (Å²) < 4.78 is 13.1. The number of thioether (sulfide) groups is 1. The molecule has 15 heavy (non-hydrogen) atoms. The number of halogens is 1. The minimum absolute atomic E-state index is 0.0393. The average molecular weight is 235 g/mol. The summed E-state index contributed by atoms with van der Waals surface area (Å²) in [5, 5.41) is 8.49. The van der Waals surface area contributed by atoms with Gasteiger partial charge in [-0.3, -0.25) is 4.79 Å². The van der Waals surface area contributed by atoms with Crippen molar-refractivity contribution in [3.05, 3.63) is 0 Å². The molecule has 6 heteroatoms. The molecule has 1 amide bonds. The Kier molecular flexibility index (Phi) is 4.38. The SMILES string of the molecule is CSCC(=O)N1CCC(C(F)C(=O)O)C1. The molecule has 1 heterocycles. The standard InChI is InChI=1S/C9H14FNO3S/c1-15-5-7(12)11-3-2-6(4-11)8(10)9(13)14/h6,8H,2-5H2,1H3,(H,13,14). The zero-order valence-electron chi connectivity index (χ0n) is 8.48. The smallest absolute Gasteiger partial charge is 0.338 e. The summed E-state index contributed by atoms with van der Waals surface area (Å²) in [5.41, 5.74) is 0. The Morgan fingerprint density at radius 3 is 2.87 bits per heavy atom. The number of carboxylic acid groups (broad SMARTS) is 1. The third-order valence-corrected chi connectivity index (χ3v) is 3.03. The predicted molar refractivity (Wildman–Crippen MR) is 55.6 cm³/mol. The van der Waals surface area contributed by atoms with Gasteiger partial charge < -0.3 is 10.0 Å². The molecule has 0 spiro atoms. The summed E-state index contributed by atoms with van der Waals surface area (Å²) in [4.78, 5) is 23.4. The maximum Gasteiger partial charge on any atom is 0.338 e. The number of hydrogen-bond acceptors (Lipinski definition) is 3. The molecule has 0 radical (unpaired) electrons. The van der Waals surface area contributed by atoms with E-state index in [9.17, 15) is 14.0 Å². The van der Waals surface area contributed by atoms with Gasteiger partial charge >= 0.3 is 5.97 Å². The number of amides is 1. The molecule has 0 aromatic rings. The van der Waals surface area contributed by atoms with Crippen molar-refractivity contribution in [2.75, 3.05) is 25.1 Å². The number of alkyl halides is 1. The Balaban J connectivity index is 2.45. The van der Waals surface area contributed by atoms with Crippen molar-refractivity contribution in [3.63, 3.8) is 0 Å². The lowest BCUT2D eigenvalue weighted by Gasteiger charge is -2.16. The lowest BCUT2D eigenvalue weighted by molar-refractivity contribution is -0.145. The van der Waals surface area contributed by atoms with Gasteiger partial charge in [-0.05, 0) is 12.7 Å². The number of likely N-dealkylation sites (tertiary alicyclic amines) is 1. The third-order valence-electron chi connectivity index (χ3n) is 2.50. The molecule has 1 N–H and O–H groups in total. The van der Waals surface area contributed by atoms with Crippen LogP contribution >= 0.6 is 11.8 Å². The summed E-state index contributed by atoms with van der Waals surface area (Å²) in [7, 11) is 0. The first-order chi connectivity index (χ1) is 7.06. The van der Waals surface area contributed by atoms with E-state index in [0.717, 1.165) is 0 Å². The highest BCUT2D eigenvalue weighted by Crippen LogP contribution is 2.22. The molecule has 2 atom stereocenters. The second kappa shape index (κ2) is 5.34. The quantitative estimate of drug-likeness (QED) is 0.776. The molecule has 86 valence electrons. The second-order valence-corrected chi connectivity index (χ2v) is 4.43. The Morgan fingerprint density at radius 2 is 2.33 bits per heavy atom. The van der Waals surface area contributed by atoms with Crippen LogP contribution in [0.2, 0.25) is 0 Å². The molecule has 0 saturated carbocycles. The summed E-state index contributed by atoms with van der Waals surface area (Å²) >= 11 is 1.41. The van der Waals surface area contributed by atoms with Gasteiger partial charge in [0, 0.05) is 19.0 Å². The largest absolute Gasteiger partial charge is 0.479 e. The van der Waals surface area contributed by atoms with Crippen LogP contribution in [0.25, 0.3) is 0 Å². The highest BCUT2D eigenvalue weighted by molar-refractivity contribution is 7.99. The van der Waals surface area contributed by atoms with Gasteiger partial charge in [0.05, 0.1) is 5.75 Å². The van der Waals surface area contributed by atoms with Crippen molar-refractivity contribution < 1.29 is 19.1 Å². The first-order valence-corrected chi connectivity index (χ1v) is 6.09. The summed E-state index contributed by atoms with van der Waals surface area (Å²) in [5.74, 6) is -1.65. The van der Waals surface area contributed by atoms with Gasteiger partial charge in [0.1, 0.15) is 0 Å². The van der Waals surface area contributed by atoms with E-state index < -0.39 is 18.1 Å². The van der Waals surface area contributed by atoms with Crippen LogP contribution in [0, 0.1) is 5.92 Å². The number of aliphatic carboxylic acids is 1. The molecule has 1 saturated heterocycles. The van der Waals surface area contributed by atoms with Crippen LogP contribution in [0.5, 0.6) is 0 Å². The lowest BCUT2D eigenvalue weighted by atomic mass is 10.0. The maximum atomic E-state index is 13.1. The van der Waals surface area contributed by atoms with Crippen LogP contribution in [-0.2, 0) is 9.59 Å². The highest BCUT2D eigenvalue weighted by atomic mass is 32.2. The van der Waals surface area contributed by atoms with Gasteiger partial charge in [-0.25, -0.2) is 9.18 Å². The fourth-order valence-electron chi connectivity index (χ4n) is 1.67. The summed E-state index contributed by atoms with van der Waals surface area (Å²) in [6.45, 7) is 0.699. The van der Waals surface area contributed by atoms with Crippen LogP contribution in [0.3, 0.4) is 0 Å². The molecule has 4 nitrogen and oxygen atoms in total. The molecule has 1 fully saturated rings. The summed E-state index contributed by atoms with van der Waals surface area (Å²) in [6, 6.07) is 0. The maximum absolute atomic E-state index is 13.1. The normalized spacial score (nSPS) is 22.8. The van der Waals surface area contributed by atoms with E-state index in [1.54, 1.807) is 0 Å². The van der Waals surface area contributed by atoms with Crippen molar-refractivity contribution in [2.45, 2.75) is 12.6 Å². The van der Waals surface area contributed by atoms with Crippen LogP contribution in [0.1, 0.15) is 6.42 Å². The zero-order valence-corrected chi connectivity index (χ0v) is 9.30. The minimum Gasteiger partial charge on any atom is -0.479 e. The molecule has 0 aromatic heterocycles. The zero-order chi connectivity index (χ0) is 11.4. The number of carbonyl (C=O) groups is 2. The van der Waals surface area contributed by atoms with E-state index in [1.807, 2.05) is 6.26 Å². The van der Waals surface area contributed by atoms with E-state index in [1.165, 1.54) is 16.7 Å². The van der Waals surface area contributed by atoms with Crippen molar-refractivity contribution >= 4 is 23.6 Å². The van der Waals surface area contributed by atoms with Crippen molar-refractivity contribution in [2.24, 2.45) is 5.92 Å². The van der Waals surface area contributed by atoms with Gasteiger partial charge in [-0.2, -0.15) is 11.8 Å². The number of carbonyl (C=O) groups excluding carboxylic acids is 1. The van der Waals surface area contributed by atoms with Gasteiger partial charge in [0.15, 0.2) is 0 Å². The number of carboxylic acids is 1. The van der Waals surface area contributed by atoms with Gasteiger partial charge in [0.25, 0.3) is 0 Å². The lowest BCUT2D eigenvalue weighted by Crippen LogP contribution is -2.33. The van der Waals surface area contributed by atoms with E-state index in [-0.39, 0.29) is 12.5 Å². The molecule has 0 aromatic carbocycles. The van der Waals surface area contributed by atoms with Crippen LogP contribution in [0.4, 0.5) is 4.39 Å². The third kappa shape index (κ3) is 3.09. The first kappa shape index (κ1) is 12.3. The second-order valence-electron chi connectivity index (χ2n) is 3.56. The Labute approximate surface area is 91.8 Å². The van der Waals surface area contributed by atoms with E-state index in [2.05, 4.69) is 0 Å². The molecule has 1 rings (SSSR count). The minimum atomic E-state index is -1.85. The topological polar surface area (TPSA) is 57.6 Å². The fourth-order valence-corrected chi connectivity index (χ4v) is 2.10. The number of hydrogen-bond donors (Lipinski definition) is 1. The Morgan fingerprint density at radius 1 is 1.67 bits per heavy atom. The van der Waals surface area contributed by atoms with Gasteiger partial charge in [0.2, 0.25) is 12.1 Å². The van der Waals surface area contributed by atoms with Crippen molar-refractivity contribution in [1.82, 2.24) is 4.90 Å². The molecule has 1 aliphatic heterocycles. The van der Waals surface area contributed by atoms with Crippen LogP contribution < -0.4 is 0 Å². The van der Waals surface area contributed by atoms with Crippen LogP contribution in [-0.4, -0.2) is 53.2 Å². The first-order valence-electron chi connectivity index (χ1n) is 4.70. The average Bonchev–Trinajstić information content (AvgIpc) is 2.65. The Hall–Kier alpha value is -0.780.